The first-order valence-corrected chi connectivity index (χ1v) is 12.0. The van der Waals surface area contributed by atoms with Gasteiger partial charge in [-0.05, 0) is 44.6 Å². The minimum Gasteiger partial charge on any atom is -0.481 e. The lowest BCUT2D eigenvalue weighted by molar-refractivity contribution is -0.137. The number of nitrogens with zero attached hydrogens (tertiary/aromatic N) is 2. The maximum absolute atomic E-state index is 12.7. The molecular weight excluding hydrogens is 516 g/mol. The molecule has 1 aliphatic carbocycles. The van der Waals surface area contributed by atoms with E-state index in [-0.39, 0.29) is 31.9 Å². The largest absolute Gasteiger partial charge is 0.481 e. The number of carboxylic acid groups (broad SMARTS) is 1. The number of ether oxygens (including phenoxy) is 1. The SMILES string of the molecule is O=C(O)CCC(NC(=O)OCC1c2ccccc2-c2ccccc21)C(=O)NCCn1cc(Br)cn1. The Morgan fingerprint density at radius 2 is 1.74 bits per heavy atom. The Morgan fingerprint density at radius 3 is 2.34 bits per heavy atom. The number of hydrogen-bond acceptors (Lipinski definition) is 5. The van der Waals surface area contributed by atoms with Gasteiger partial charge in [-0.2, -0.15) is 5.10 Å². The number of benzene rings is 2. The maximum atomic E-state index is 12.7. The van der Waals surface area contributed by atoms with Crippen LogP contribution in [0.5, 0.6) is 0 Å². The van der Waals surface area contributed by atoms with E-state index in [1.165, 1.54) is 0 Å². The number of carboxylic acids is 1. The Kier molecular flexibility index (Phi) is 7.81. The first kappa shape index (κ1) is 24.5. The van der Waals surface area contributed by atoms with Gasteiger partial charge in [0.05, 0.1) is 17.2 Å². The number of aromatic nitrogens is 2. The molecule has 2 aromatic carbocycles. The van der Waals surface area contributed by atoms with Crippen molar-refractivity contribution in [2.45, 2.75) is 31.3 Å². The van der Waals surface area contributed by atoms with Crippen LogP contribution < -0.4 is 10.6 Å². The zero-order chi connectivity index (χ0) is 24.8. The summed E-state index contributed by atoms with van der Waals surface area (Å²) in [6, 6.07) is 14.9. The van der Waals surface area contributed by atoms with Crippen molar-refractivity contribution in [3.05, 3.63) is 76.5 Å². The molecule has 0 aliphatic heterocycles. The van der Waals surface area contributed by atoms with Gasteiger partial charge in [0, 0.05) is 25.1 Å². The van der Waals surface area contributed by atoms with E-state index in [0.717, 1.165) is 26.7 Å². The zero-order valence-electron chi connectivity index (χ0n) is 18.8. The number of amides is 2. The Morgan fingerprint density at radius 1 is 1.09 bits per heavy atom. The maximum Gasteiger partial charge on any atom is 0.407 e. The Labute approximate surface area is 210 Å². The first-order chi connectivity index (χ1) is 16.9. The van der Waals surface area contributed by atoms with Crippen molar-refractivity contribution in [3.8, 4) is 11.1 Å². The van der Waals surface area contributed by atoms with Crippen LogP contribution in [0, 0.1) is 0 Å². The molecule has 1 atom stereocenters. The van der Waals surface area contributed by atoms with Gasteiger partial charge >= 0.3 is 12.1 Å². The van der Waals surface area contributed by atoms with Gasteiger partial charge in [-0.3, -0.25) is 14.3 Å². The van der Waals surface area contributed by atoms with Crippen LogP contribution in [0.4, 0.5) is 4.79 Å². The molecule has 1 unspecified atom stereocenters. The number of halogens is 1. The normalized spacial score (nSPS) is 12.9. The Hall–Kier alpha value is -3.66. The molecule has 3 aromatic rings. The van der Waals surface area contributed by atoms with Crippen molar-refractivity contribution < 1.29 is 24.2 Å². The number of nitrogens with one attached hydrogen (secondary N) is 2. The molecule has 35 heavy (non-hydrogen) atoms. The zero-order valence-corrected chi connectivity index (χ0v) is 20.4. The summed E-state index contributed by atoms with van der Waals surface area (Å²) in [7, 11) is 0. The van der Waals surface area contributed by atoms with Crippen LogP contribution in [0.1, 0.15) is 29.9 Å². The number of fused-ring (bicyclic) bond motifs is 3. The number of aliphatic carboxylic acids is 1. The Balaban J connectivity index is 1.35. The van der Waals surface area contributed by atoms with Crippen LogP contribution in [0.3, 0.4) is 0 Å². The number of rotatable bonds is 10. The second-order valence-corrected chi connectivity index (χ2v) is 9.08. The highest BCUT2D eigenvalue weighted by Crippen LogP contribution is 2.44. The van der Waals surface area contributed by atoms with Gasteiger partial charge in [-0.15, -0.1) is 0 Å². The summed E-state index contributed by atoms with van der Waals surface area (Å²) in [6.45, 7) is 0.790. The van der Waals surface area contributed by atoms with Crippen molar-refractivity contribution in [2.75, 3.05) is 13.2 Å². The average Bonchev–Trinajstić information content (AvgIpc) is 3.41. The summed E-state index contributed by atoms with van der Waals surface area (Å²) < 4.78 is 7.97. The lowest BCUT2D eigenvalue weighted by Crippen LogP contribution is -2.48. The molecule has 2 amide bonds. The molecule has 0 radical (unpaired) electrons. The molecule has 1 aromatic heterocycles. The highest BCUT2D eigenvalue weighted by molar-refractivity contribution is 9.10. The fourth-order valence-electron chi connectivity index (χ4n) is 4.20. The number of alkyl carbamates (subject to hydrolysis) is 1. The lowest BCUT2D eigenvalue weighted by Gasteiger charge is -2.19. The number of hydrogen-bond donors (Lipinski definition) is 3. The molecule has 4 rings (SSSR count). The van der Waals surface area contributed by atoms with Gasteiger partial charge in [0.1, 0.15) is 12.6 Å². The van der Waals surface area contributed by atoms with Crippen LogP contribution in [0.15, 0.2) is 65.4 Å². The molecule has 0 saturated carbocycles. The quantitative estimate of drug-likeness (QED) is 0.361. The monoisotopic (exact) mass is 540 g/mol. The molecule has 10 heteroatoms. The molecule has 1 heterocycles. The van der Waals surface area contributed by atoms with Crippen LogP contribution in [-0.4, -0.2) is 52.1 Å². The Bertz CT molecular complexity index is 1180. The smallest absolute Gasteiger partial charge is 0.407 e. The molecule has 0 bridgehead atoms. The predicted octanol–water partition coefficient (Wildman–Crippen LogP) is 3.53. The summed E-state index contributed by atoms with van der Waals surface area (Å²) in [4.78, 5) is 36.3. The van der Waals surface area contributed by atoms with Crippen LogP contribution >= 0.6 is 15.9 Å². The van der Waals surface area contributed by atoms with Crippen LogP contribution in [-0.2, 0) is 20.9 Å². The lowest BCUT2D eigenvalue weighted by atomic mass is 9.98. The molecule has 0 fully saturated rings. The minimum absolute atomic E-state index is 0.0569. The van der Waals surface area contributed by atoms with Crippen molar-refractivity contribution >= 4 is 33.9 Å². The van der Waals surface area contributed by atoms with Gasteiger partial charge < -0.3 is 20.5 Å². The van der Waals surface area contributed by atoms with E-state index in [1.54, 1.807) is 17.1 Å². The predicted molar refractivity (Wildman–Crippen MR) is 132 cm³/mol. The molecule has 182 valence electrons. The summed E-state index contributed by atoms with van der Waals surface area (Å²) in [6.07, 6.45) is 2.31. The van der Waals surface area contributed by atoms with Gasteiger partial charge in [-0.1, -0.05) is 48.5 Å². The van der Waals surface area contributed by atoms with Crippen LogP contribution in [0.25, 0.3) is 11.1 Å². The van der Waals surface area contributed by atoms with Crippen molar-refractivity contribution in [1.29, 1.82) is 0 Å². The number of carbonyl (C=O) groups is 3. The van der Waals surface area contributed by atoms with E-state index in [1.807, 2.05) is 48.5 Å². The van der Waals surface area contributed by atoms with E-state index < -0.39 is 24.0 Å². The van der Waals surface area contributed by atoms with E-state index >= 15 is 0 Å². The summed E-state index contributed by atoms with van der Waals surface area (Å²) in [5.74, 6) is -1.66. The van der Waals surface area contributed by atoms with Gasteiger partial charge in [0.25, 0.3) is 0 Å². The highest BCUT2D eigenvalue weighted by Gasteiger charge is 2.30. The van der Waals surface area contributed by atoms with E-state index in [2.05, 4.69) is 31.7 Å². The molecule has 9 nitrogen and oxygen atoms in total. The molecule has 0 spiro atoms. The van der Waals surface area contributed by atoms with E-state index in [9.17, 15) is 14.4 Å². The highest BCUT2D eigenvalue weighted by atomic mass is 79.9. The van der Waals surface area contributed by atoms with E-state index in [4.69, 9.17) is 9.84 Å². The summed E-state index contributed by atoms with van der Waals surface area (Å²) in [5, 5.41) is 18.4. The van der Waals surface area contributed by atoms with Crippen LogP contribution in [0.2, 0.25) is 0 Å². The molecule has 3 N–H and O–H groups in total. The van der Waals surface area contributed by atoms with Crippen molar-refractivity contribution in [3.63, 3.8) is 0 Å². The summed E-state index contributed by atoms with van der Waals surface area (Å²) in [5.41, 5.74) is 4.37. The second-order valence-electron chi connectivity index (χ2n) is 8.17. The third-order valence-electron chi connectivity index (χ3n) is 5.84. The minimum atomic E-state index is -1.06. The fraction of sp³-hybridized carbons (Fsp3) is 0.280. The van der Waals surface area contributed by atoms with Crippen molar-refractivity contribution in [1.82, 2.24) is 20.4 Å². The third-order valence-corrected chi connectivity index (χ3v) is 6.25. The van der Waals surface area contributed by atoms with Gasteiger partial charge in [0.15, 0.2) is 0 Å². The van der Waals surface area contributed by atoms with Gasteiger partial charge in [0.2, 0.25) is 5.91 Å². The third kappa shape index (κ3) is 6.07. The summed E-state index contributed by atoms with van der Waals surface area (Å²) >= 11 is 3.31. The standard InChI is InChI=1S/C25H25BrN4O5/c26-16-13-28-30(14-16)12-11-27-24(33)22(9-10-23(31)32)29-25(34)35-15-21-19-7-3-1-5-17(19)18-6-2-4-8-20(18)21/h1-8,13-14,21-22H,9-12,15H2,(H,27,33)(H,29,34)(H,31,32). The van der Waals surface area contributed by atoms with Gasteiger partial charge in [-0.25, -0.2) is 4.79 Å². The second kappa shape index (κ2) is 11.2. The topological polar surface area (TPSA) is 123 Å². The average molecular weight is 541 g/mol. The number of carbonyl (C=O) groups excluding carboxylic acids is 2. The fourth-order valence-corrected chi connectivity index (χ4v) is 4.52. The van der Waals surface area contributed by atoms with E-state index in [0.29, 0.717) is 6.54 Å². The molecule has 0 saturated heterocycles. The molecule has 1 aliphatic rings. The first-order valence-electron chi connectivity index (χ1n) is 11.2. The van der Waals surface area contributed by atoms with Crippen molar-refractivity contribution in [2.24, 2.45) is 0 Å². The molecular formula is C25H25BrN4O5.